The fourth-order valence-electron chi connectivity index (χ4n) is 3.69. The Hall–Kier alpha value is -1.26. The van der Waals surface area contributed by atoms with E-state index in [9.17, 15) is 0 Å². The number of nitrogens with zero attached hydrogens (tertiary/aromatic N) is 2. The topological polar surface area (TPSA) is 50.8 Å². The highest BCUT2D eigenvalue weighted by molar-refractivity contribution is 6.30. The summed E-state index contributed by atoms with van der Waals surface area (Å²) in [5, 5.41) is 0.778. The van der Waals surface area contributed by atoms with Gasteiger partial charge in [-0.05, 0) is 49.3 Å². The Labute approximate surface area is 150 Å². The molecular formula is C19H28ClN3O. The summed E-state index contributed by atoms with van der Waals surface area (Å²) in [6, 6.07) is 8.17. The van der Waals surface area contributed by atoms with Crippen molar-refractivity contribution in [3.8, 4) is 0 Å². The van der Waals surface area contributed by atoms with Gasteiger partial charge in [-0.1, -0.05) is 30.7 Å². The summed E-state index contributed by atoms with van der Waals surface area (Å²) in [5.41, 5.74) is 7.53. The second-order valence-corrected chi connectivity index (χ2v) is 7.68. The molecule has 2 heterocycles. The van der Waals surface area contributed by atoms with E-state index in [0.717, 1.165) is 50.1 Å². The van der Waals surface area contributed by atoms with Crippen molar-refractivity contribution in [2.45, 2.75) is 38.0 Å². The molecule has 0 atom stereocenters. The Morgan fingerprint density at radius 3 is 2.71 bits per heavy atom. The van der Waals surface area contributed by atoms with Crippen molar-refractivity contribution in [3.63, 3.8) is 0 Å². The number of likely N-dealkylation sites (tertiary alicyclic amines) is 1. The van der Waals surface area contributed by atoms with Crippen LogP contribution in [-0.4, -0.2) is 43.7 Å². The normalized spacial score (nSPS) is 22.6. The lowest BCUT2D eigenvalue weighted by atomic mass is 9.74. The van der Waals surface area contributed by atoms with Crippen LogP contribution in [0.4, 0.5) is 0 Å². The lowest BCUT2D eigenvalue weighted by Gasteiger charge is -2.37. The van der Waals surface area contributed by atoms with Gasteiger partial charge in [-0.3, -0.25) is 4.99 Å². The third-order valence-electron chi connectivity index (χ3n) is 5.54. The van der Waals surface area contributed by atoms with Crippen LogP contribution in [0.1, 0.15) is 38.2 Å². The first-order valence-electron chi connectivity index (χ1n) is 8.98. The van der Waals surface area contributed by atoms with E-state index in [4.69, 9.17) is 27.1 Å². The van der Waals surface area contributed by atoms with Crippen molar-refractivity contribution in [3.05, 3.63) is 34.9 Å². The van der Waals surface area contributed by atoms with Crippen molar-refractivity contribution in [2.24, 2.45) is 16.6 Å². The van der Waals surface area contributed by atoms with Crippen molar-refractivity contribution in [2.75, 3.05) is 32.8 Å². The second-order valence-electron chi connectivity index (χ2n) is 7.25. The van der Waals surface area contributed by atoms with Gasteiger partial charge in [0.25, 0.3) is 0 Å². The number of aliphatic imine (C=N–C) groups is 1. The molecule has 0 aliphatic carbocycles. The molecule has 1 aromatic rings. The van der Waals surface area contributed by atoms with Crippen LogP contribution >= 0.6 is 11.6 Å². The zero-order chi connectivity index (χ0) is 17.0. The molecule has 0 aromatic heterocycles. The molecule has 0 bridgehead atoms. The summed E-state index contributed by atoms with van der Waals surface area (Å²) in [6.07, 6.45) is 4.31. The Balaban J connectivity index is 1.76. The Morgan fingerprint density at radius 2 is 2.04 bits per heavy atom. The van der Waals surface area contributed by atoms with Gasteiger partial charge in [-0.25, -0.2) is 0 Å². The lowest BCUT2D eigenvalue weighted by molar-refractivity contribution is 0.0530. The average molecular weight is 350 g/mol. The van der Waals surface area contributed by atoms with Crippen molar-refractivity contribution in [1.29, 1.82) is 0 Å². The number of halogens is 1. The molecule has 2 N–H and O–H groups in total. The van der Waals surface area contributed by atoms with Crippen LogP contribution in [0.2, 0.25) is 5.02 Å². The van der Waals surface area contributed by atoms with Crippen LogP contribution in [0.15, 0.2) is 29.3 Å². The molecule has 0 amide bonds. The number of hydrogen-bond acceptors (Lipinski definition) is 2. The molecule has 0 unspecified atom stereocenters. The molecule has 0 spiro atoms. The molecule has 4 nitrogen and oxygen atoms in total. The number of ether oxygens (including phenoxy) is 1. The minimum absolute atomic E-state index is 0.0170. The van der Waals surface area contributed by atoms with Gasteiger partial charge in [-0.15, -0.1) is 0 Å². The molecule has 2 aliphatic rings. The van der Waals surface area contributed by atoms with Crippen molar-refractivity contribution in [1.82, 2.24) is 4.90 Å². The maximum absolute atomic E-state index is 6.30. The Morgan fingerprint density at radius 1 is 1.33 bits per heavy atom. The minimum Gasteiger partial charge on any atom is -0.381 e. The Kier molecular flexibility index (Phi) is 5.67. The molecule has 1 aromatic carbocycles. The molecule has 2 saturated heterocycles. The van der Waals surface area contributed by atoms with E-state index in [0.29, 0.717) is 12.5 Å². The molecule has 24 heavy (non-hydrogen) atoms. The Bertz CT molecular complexity index is 576. The van der Waals surface area contributed by atoms with E-state index in [1.807, 2.05) is 12.1 Å². The smallest absolute Gasteiger partial charge is 0.191 e. The maximum Gasteiger partial charge on any atom is 0.191 e. The van der Waals surface area contributed by atoms with E-state index < -0.39 is 0 Å². The average Bonchev–Trinajstić information content (AvgIpc) is 2.61. The highest BCUT2D eigenvalue weighted by atomic mass is 35.5. The lowest BCUT2D eigenvalue weighted by Crippen LogP contribution is -2.44. The zero-order valence-electron chi connectivity index (χ0n) is 14.5. The summed E-state index contributed by atoms with van der Waals surface area (Å²) in [4.78, 5) is 7.02. The van der Waals surface area contributed by atoms with E-state index >= 15 is 0 Å². The van der Waals surface area contributed by atoms with Gasteiger partial charge in [0.15, 0.2) is 5.96 Å². The molecule has 0 radical (unpaired) electrons. The largest absolute Gasteiger partial charge is 0.381 e. The molecular weight excluding hydrogens is 322 g/mol. The van der Waals surface area contributed by atoms with Crippen LogP contribution in [0.3, 0.4) is 0 Å². The number of hydrogen-bond donors (Lipinski definition) is 1. The molecule has 3 rings (SSSR count). The van der Waals surface area contributed by atoms with Crippen LogP contribution in [0, 0.1) is 5.92 Å². The maximum atomic E-state index is 6.30. The summed E-state index contributed by atoms with van der Waals surface area (Å²) < 4.78 is 5.59. The van der Waals surface area contributed by atoms with Gasteiger partial charge < -0.3 is 15.4 Å². The molecule has 2 fully saturated rings. The predicted octanol–water partition coefficient (Wildman–Crippen LogP) is 3.43. The first-order valence-corrected chi connectivity index (χ1v) is 9.35. The van der Waals surface area contributed by atoms with Crippen LogP contribution in [0.5, 0.6) is 0 Å². The van der Waals surface area contributed by atoms with Gasteiger partial charge in [0.2, 0.25) is 0 Å². The number of guanidine groups is 1. The van der Waals surface area contributed by atoms with E-state index in [1.54, 1.807) is 0 Å². The predicted molar refractivity (Wildman–Crippen MR) is 99.6 cm³/mol. The fraction of sp³-hybridized carbons (Fsp3) is 0.632. The van der Waals surface area contributed by atoms with E-state index in [2.05, 4.69) is 24.0 Å². The van der Waals surface area contributed by atoms with Crippen LogP contribution in [-0.2, 0) is 10.2 Å². The monoisotopic (exact) mass is 349 g/mol. The molecule has 2 aliphatic heterocycles. The van der Waals surface area contributed by atoms with Crippen LogP contribution in [0.25, 0.3) is 0 Å². The van der Waals surface area contributed by atoms with Gasteiger partial charge in [0, 0.05) is 36.7 Å². The van der Waals surface area contributed by atoms with Crippen molar-refractivity contribution >= 4 is 17.6 Å². The van der Waals surface area contributed by atoms with Gasteiger partial charge in [0.1, 0.15) is 0 Å². The molecule has 5 heteroatoms. The van der Waals surface area contributed by atoms with Crippen molar-refractivity contribution < 1.29 is 4.74 Å². The highest BCUT2D eigenvalue weighted by Gasteiger charge is 2.34. The van der Waals surface area contributed by atoms with Gasteiger partial charge in [-0.2, -0.15) is 0 Å². The molecule has 132 valence electrons. The fourth-order valence-corrected chi connectivity index (χ4v) is 3.88. The van der Waals surface area contributed by atoms with E-state index in [-0.39, 0.29) is 5.41 Å². The summed E-state index contributed by atoms with van der Waals surface area (Å²) in [5.74, 6) is 1.48. The molecule has 0 saturated carbocycles. The first-order chi connectivity index (χ1) is 11.6. The van der Waals surface area contributed by atoms with E-state index in [1.165, 1.54) is 18.4 Å². The number of rotatable bonds is 3. The number of benzene rings is 1. The number of piperidine rings is 1. The number of nitrogens with two attached hydrogens (primary N) is 1. The minimum atomic E-state index is -0.0170. The van der Waals surface area contributed by atoms with Gasteiger partial charge in [0.05, 0.1) is 6.54 Å². The zero-order valence-corrected chi connectivity index (χ0v) is 15.3. The highest BCUT2D eigenvalue weighted by Crippen LogP contribution is 2.36. The quantitative estimate of drug-likeness (QED) is 0.671. The SMILES string of the molecule is CC1CCN(C(N)=NCC2(c3cccc(Cl)c3)CCOCC2)CC1. The second kappa shape index (κ2) is 7.75. The third kappa shape index (κ3) is 4.04. The van der Waals surface area contributed by atoms with Gasteiger partial charge >= 0.3 is 0 Å². The standard InChI is InChI=1S/C19H28ClN3O/c1-15-5-9-23(10-6-15)18(21)22-14-19(7-11-24-12-8-19)16-3-2-4-17(20)13-16/h2-4,13,15H,5-12,14H2,1H3,(H2,21,22). The summed E-state index contributed by atoms with van der Waals surface area (Å²) >= 11 is 6.22. The van der Waals surface area contributed by atoms with Crippen LogP contribution < -0.4 is 5.73 Å². The summed E-state index contributed by atoms with van der Waals surface area (Å²) in [7, 11) is 0. The summed E-state index contributed by atoms with van der Waals surface area (Å²) in [6.45, 7) is 6.58. The third-order valence-corrected chi connectivity index (χ3v) is 5.77. The first kappa shape index (κ1) is 17.6.